The zero-order valence-corrected chi connectivity index (χ0v) is 11.5. The van der Waals surface area contributed by atoms with Gasteiger partial charge in [-0.15, -0.1) is 0 Å². The molecular formula is C15H18N2O3. The average Bonchev–Trinajstić information content (AvgIpc) is 2.72. The third-order valence-electron chi connectivity index (χ3n) is 3.34. The molecule has 0 fully saturated rings. The van der Waals surface area contributed by atoms with Crippen molar-refractivity contribution in [2.45, 2.75) is 18.9 Å². The van der Waals surface area contributed by atoms with Gasteiger partial charge in [0.05, 0.1) is 25.5 Å². The van der Waals surface area contributed by atoms with Crippen LogP contribution in [0.2, 0.25) is 0 Å². The van der Waals surface area contributed by atoms with Crippen molar-refractivity contribution in [3.63, 3.8) is 0 Å². The highest BCUT2D eigenvalue weighted by atomic mass is 16.5. The Bertz CT molecular complexity index is 595. The predicted octanol–water partition coefficient (Wildman–Crippen LogP) is 1.86. The molecule has 1 unspecified atom stereocenters. The topological polar surface area (TPSA) is 56.5 Å². The lowest BCUT2D eigenvalue weighted by atomic mass is 10.0. The van der Waals surface area contributed by atoms with Gasteiger partial charge in [0.15, 0.2) is 11.5 Å². The van der Waals surface area contributed by atoms with Crippen LogP contribution in [-0.2, 0) is 13.5 Å². The molecule has 3 rings (SSSR count). The maximum absolute atomic E-state index is 10.3. The van der Waals surface area contributed by atoms with E-state index in [2.05, 4.69) is 5.10 Å². The van der Waals surface area contributed by atoms with Gasteiger partial charge in [0.1, 0.15) is 0 Å². The van der Waals surface area contributed by atoms with Crippen LogP contribution in [0.25, 0.3) is 0 Å². The SMILES string of the molecule is Cn1cc(CC(O)c2ccc3c(c2)OCCCO3)cn1. The number of aliphatic hydroxyl groups is 1. The summed E-state index contributed by atoms with van der Waals surface area (Å²) >= 11 is 0. The summed E-state index contributed by atoms with van der Waals surface area (Å²) in [4.78, 5) is 0. The van der Waals surface area contributed by atoms with Crippen molar-refractivity contribution in [3.8, 4) is 11.5 Å². The molecule has 2 heterocycles. The van der Waals surface area contributed by atoms with Crippen molar-refractivity contribution >= 4 is 0 Å². The van der Waals surface area contributed by atoms with Crippen molar-refractivity contribution in [3.05, 3.63) is 41.7 Å². The van der Waals surface area contributed by atoms with E-state index in [0.717, 1.165) is 23.3 Å². The van der Waals surface area contributed by atoms with Gasteiger partial charge < -0.3 is 14.6 Å². The minimum Gasteiger partial charge on any atom is -0.490 e. The number of aryl methyl sites for hydroxylation is 1. The van der Waals surface area contributed by atoms with E-state index in [1.807, 2.05) is 31.4 Å². The minimum absolute atomic E-state index is 0.535. The minimum atomic E-state index is -0.573. The molecule has 1 aliphatic rings. The molecule has 5 nitrogen and oxygen atoms in total. The van der Waals surface area contributed by atoms with Crippen molar-refractivity contribution < 1.29 is 14.6 Å². The summed E-state index contributed by atoms with van der Waals surface area (Å²) in [6.45, 7) is 1.32. The van der Waals surface area contributed by atoms with Crippen LogP contribution in [0.3, 0.4) is 0 Å². The van der Waals surface area contributed by atoms with Gasteiger partial charge in [-0.2, -0.15) is 5.10 Å². The van der Waals surface area contributed by atoms with E-state index >= 15 is 0 Å². The molecule has 1 aromatic heterocycles. The molecule has 0 saturated heterocycles. The van der Waals surface area contributed by atoms with Crippen LogP contribution in [-0.4, -0.2) is 28.1 Å². The Kier molecular flexibility index (Phi) is 3.60. The lowest BCUT2D eigenvalue weighted by Gasteiger charge is -2.13. The number of nitrogens with zero attached hydrogens (tertiary/aromatic N) is 2. The van der Waals surface area contributed by atoms with E-state index in [9.17, 15) is 5.11 Å². The first kappa shape index (κ1) is 13.0. The van der Waals surface area contributed by atoms with E-state index in [0.29, 0.717) is 25.4 Å². The van der Waals surface area contributed by atoms with Crippen molar-refractivity contribution in [1.29, 1.82) is 0 Å². The zero-order valence-electron chi connectivity index (χ0n) is 11.5. The van der Waals surface area contributed by atoms with Crippen LogP contribution in [0.15, 0.2) is 30.6 Å². The van der Waals surface area contributed by atoms with E-state index in [1.165, 1.54) is 0 Å². The zero-order chi connectivity index (χ0) is 13.9. The van der Waals surface area contributed by atoms with Gasteiger partial charge in [0, 0.05) is 26.1 Å². The second-order valence-corrected chi connectivity index (χ2v) is 5.00. The summed E-state index contributed by atoms with van der Waals surface area (Å²) in [7, 11) is 1.86. The fraction of sp³-hybridized carbons (Fsp3) is 0.400. The first-order valence-electron chi connectivity index (χ1n) is 6.77. The third-order valence-corrected chi connectivity index (χ3v) is 3.34. The fourth-order valence-corrected chi connectivity index (χ4v) is 2.31. The molecule has 0 amide bonds. The van der Waals surface area contributed by atoms with Gasteiger partial charge in [-0.25, -0.2) is 0 Å². The van der Waals surface area contributed by atoms with Gasteiger partial charge in [-0.1, -0.05) is 6.07 Å². The van der Waals surface area contributed by atoms with Gasteiger partial charge in [0.2, 0.25) is 0 Å². The van der Waals surface area contributed by atoms with E-state index in [1.54, 1.807) is 10.9 Å². The molecule has 2 aromatic rings. The summed E-state index contributed by atoms with van der Waals surface area (Å²) in [5.41, 5.74) is 1.84. The normalized spacial score (nSPS) is 15.7. The van der Waals surface area contributed by atoms with Gasteiger partial charge in [0.25, 0.3) is 0 Å². The summed E-state index contributed by atoms with van der Waals surface area (Å²) in [5.74, 6) is 1.46. The number of hydrogen-bond acceptors (Lipinski definition) is 4. The van der Waals surface area contributed by atoms with E-state index in [4.69, 9.17) is 9.47 Å². The lowest BCUT2D eigenvalue weighted by molar-refractivity contribution is 0.178. The number of rotatable bonds is 3. The smallest absolute Gasteiger partial charge is 0.161 e. The second kappa shape index (κ2) is 5.54. The molecule has 0 bridgehead atoms. The molecule has 1 aliphatic heterocycles. The van der Waals surface area contributed by atoms with Gasteiger partial charge in [-0.3, -0.25) is 4.68 Å². The van der Waals surface area contributed by atoms with Crippen LogP contribution in [0.1, 0.15) is 23.7 Å². The van der Waals surface area contributed by atoms with E-state index in [-0.39, 0.29) is 0 Å². The third kappa shape index (κ3) is 2.77. The van der Waals surface area contributed by atoms with Crippen LogP contribution in [0, 0.1) is 0 Å². The Morgan fingerprint density at radius 3 is 2.85 bits per heavy atom. The maximum atomic E-state index is 10.3. The molecule has 0 radical (unpaired) electrons. The average molecular weight is 274 g/mol. The first-order chi connectivity index (χ1) is 9.72. The predicted molar refractivity (Wildman–Crippen MR) is 73.9 cm³/mol. The second-order valence-electron chi connectivity index (χ2n) is 5.00. The monoisotopic (exact) mass is 274 g/mol. The largest absolute Gasteiger partial charge is 0.490 e. The summed E-state index contributed by atoms with van der Waals surface area (Å²) in [5, 5.41) is 14.4. The summed E-state index contributed by atoms with van der Waals surface area (Å²) in [6, 6.07) is 5.61. The Morgan fingerprint density at radius 2 is 2.10 bits per heavy atom. The molecule has 0 spiro atoms. The summed E-state index contributed by atoms with van der Waals surface area (Å²) in [6.07, 6.45) is 4.52. The Morgan fingerprint density at radius 1 is 1.30 bits per heavy atom. The maximum Gasteiger partial charge on any atom is 0.161 e. The molecule has 0 saturated carbocycles. The number of ether oxygens (including phenoxy) is 2. The summed E-state index contributed by atoms with van der Waals surface area (Å²) < 4.78 is 13.0. The Hall–Kier alpha value is -2.01. The number of hydrogen-bond donors (Lipinski definition) is 1. The van der Waals surface area contributed by atoms with Crippen molar-refractivity contribution in [2.24, 2.45) is 7.05 Å². The van der Waals surface area contributed by atoms with Gasteiger partial charge >= 0.3 is 0 Å². The first-order valence-corrected chi connectivity index (χ1v) is 6.77. The lowest BCUT2D eigenvalue weighted by Crippen LogP contribution is -2.02. The molecule has 1 N–H and O–H groups in total. The molecule has 106 valence electrons. The Labute approximate surface area is 117 Å². The molecule has 1 aromatic carbocycles. The highest BCUT2D eigenvalue weighted by Gasteiger charge is 2.15. The standard InChI is InChI=1S/C15H18N2O3/c1-17-10-11(9-16-17)7-13(18)12-3-4-14-15(8-12)20-6-2-5-19-14/h3-4,8-10,13,18H,2,5-7H2,1H3. The molecule has 0 aliphatic carbocycles. The quantitative estimate of drug-likeness (QED) is 0.928. The van der Waals surface area contributed by atoms with Gasteiger partial charge in [-0.05, 0) is 23.3 Å². The van der Waals surface area contributed by atoms with Crippen LogP contribution >= 0.6 is 0 Å². The highest BCUT2D eigenvalue weighted by molar-refractivity contribution is 5.44. The molecule has 20 heavy (non-hydrogen) atoms. The Balaban J connectivity index is 1.77. The number of aliphatic hydroxyl groups excluding tert-OH is 1. The molecule has 1 atom stereocenters. The van der Waals surface area contributed by atoms with Crippen molar-refractivity contribution in [1.82, 2.24) is 9.78 Å². The highest BCUT2D eigenvalue weighted by Crippen LogP contribution is 2.33. The van der Waals surface area contributed by atoms with Crippen LogP contribution < -0.4 is 9.47 Å². The molecular weight excluding hydrogens is 256 g/mol. The van der Waals surface area contributed by atoms with Crippen LogP contribution in [0.5, 0.6) is 11.5 Å². The van der Waals surface area contributed by atoms with E-state index < -0.39 is 6.10 Å². The number of fused-ring (bicyclic) bond motifs is 1. The van der Waals surface area contributed by atoms with Crippen molar-refractivity contribution in [2.75, 3.05) is 13.2 Å². The molecule has 5 heteroatoms. The fourth-order valence-electron chi connectivity index (χ4n) is 2.31. The number of aromatic nitrogens is 2. The number of benzene rings is 1. The van der Waals surface area contributed by atoms with Crippen LogP contribution in [0.4, 0.5) is 0 Å².